The number of benzene rings is 1. The SMILES string of the molecule is CCC(Oc1ccc(C(N)=S)c(F)c1)C(=O)O. The van der Waals surface area contributed by atoms with E-state index in [1.165, 1.54) is 12.1 Å². The van der Waals surface area contributed by atoms with Gasteiger partial charge in [0.05, 0.1) is 0 Å². The molecule has 3 N–H and O–H groups in total. The van der Waals surface area contributed by atoms with Gasteiger partial charge in [0.1, 0.15) is 16.6 Å². The molecule has 0 saturated heterocycles. The lowest BCUT2D eigenvalue weighted by Gasteiger charge is -2.13. The molecule has 4 nitrogen and oxygen atoms in total. The van der Waals surface area contributed by atoms with Gasteiger partial charge in [0, 0.05) is 11.6 Å². The minimum Gasteiger partial charge on any atom is -0.479 e. The van der Waals surface area contributed by atoms with E-state index in [1.54, 1.807) is 6.92 Å². The predicted octanol–water partition coefficient (Wildman–Crippen LogP) is 1.70. The molecule has 6 heteroatoms. The van der Waals surface area contributed by atoms with E-state index in [2.05, 4.69) is 12.2 Å². The minimum atomic E-state index is -1.09. The number of hydrogen-bond donors (Lipinski definition) is 2. The first kappa shape index (κ1) is 13.4. The maximum Gasteiger partial charge on any atom is 0.344 e. The summed E-state index contributed by atoms with van der Waals surface area (Å²) in [5.41, 5.74) is 5.40. The highest BCUT2D eigenvalue weighted by molar-refractivity contribution is 7.80. The molecule has 1 unspecified atom stereocenters. The molecule has 0 aliphatic heterocycles. The van der Waals surface area contributed by atoms with Crippen molar-refractivity contribution in [1.29, 1.82) is 0 Å². The zero-order valence-electron chi connectivity index (χ0n) is 9.14. The van der Waals surface area contributed by atoms with Crippen molar-refractivity contribution >= 4 is 23.2 Å². The fourth-order valence-corrected chi connectivity index (χ4v) is 1.41. The number of ether oxygens (including phenoxy) is 1. The average molecular weight is 257 g/mol. The number of rotatable bonds is 5. The zero-order valence-corrected chi connectivity index (χ0v) is 9.96. The van der Waals surface area contributed by atoms with Crippen molar-refractivity contribution in [3.05, 3.63) is 29.6 Å². The third kappa shape index (κ3) is 3.39. The zero-order chi connectivity index (χ0) is 13.0. The summed E-state index contributed by atoms with van der Waals surface area (Å²) in [4.78, 5) is 10.7. The average Bonchev–Trinajstić information content (AvgIpc) is 2.24. The van der Waals surface area contributed by atoms with Crippen LogP contribution >= 0.6 is 12.2 Å². The number of carboxylic acids is 1. The van der Waals surface area contributed by atoms with E-state index in [-0.39, 0.29) is 22.7 Å². The second kappa shape index (κ2) is 5.58. The van der Waals surface area contributed by atoms with E-state index in [1.807, 2.05) is 0 Å². The summed E-state index contributed by atoms with van der Waals surface area (Å²) in [5, 5.41) is 8.79. The van der Waals surface area contributed by atoms with Crippen LogP contribution in [-0.2, 0) is 4.79 Å². The Bertz CT molecular complexity index is 450. The first-order chi connectivity index (χ1) is 7.95. The van der Waals surface area contributed by atoms with E-state index in [0.29, 0.717) is 0 Å². The fraction of sp³-hybridized carbons (Fsp3) is 0.273. The van der Waals surface area contributed by atoms with Gasteiger partial charge in [0.2, 0.25) is 0 Å². The van der Waals surface area contributed by atoms with Crippen LogP contribution in [0.5, 0.6) is 5.75 Å². The second-order valence-electron chi connectivity index (χ2n) is 3.36. The maximum atomic E-state index is 13.5. The van der Waals surface area contributed by atoms with E-state index in [4.69, 9.17) is 15.6 Å². The summed E-state index contributed by atoms with van der Waals surface area (Å²) in [6.45, 7) is 1.67. The molecule has 0 radical (unpaired) electrons. The molecule has 92 valence electrons. The summed E-state index contributed by atoms with van der Waals surface area (Å²) in [6, 6.07) is 3.87. The Kier molecular flexibility index (Phi) is 4.39. The third-order valence-corrected chi connectivity index (χ3v) is 2.35. The van der Waals surface area contributed by atoms with Crippen LogP contribution in [0.4, 0.5) is 4.39 Å². The lowest BCUT2D eigenvalue weighted by atomic mass is 10.2. The summed E-state index contributed by atoms with van der Waals surface area (Å²) >= 11 is 4.65. The van der Waals surface area contributed by atoms with Gasteiger partial charge in [-0.1, -0.05) is 19.1 Å². The van der Waals surface area contributed by atoms with Gasteiger partial charge in [0.15, 0.2) is 6.10 Å². The largest absolute Gasteiger partial charge is 0.479 e. The van der Waals surface area contributed by atoms with Gasteiger partial charge in [-0.05, 0) is 18.6 Å². The molecule has 1 aromatic carbocycles. The number of carboxylic acid groups (broad SMARTS) is 1. The second-order valence-corrected chi connectivity index (χ2v) is 3.80. The van der Waals surface area contributed by atoms with Crippen LogP contribution in [0.1, 0.15) is 18.9 Å². The molecular formula is C11H12FNO3S. The summed E-state index contributed by atoms with van der Waals surface area (Å²) in [5.74, 6) is -1.58. The molecule has 0 amide bonds. The maximum absolute atomic E-state index is 13.5. The number of halogens is 1. The van der Waals surface area contributed by atoms with Crippen LogP contribution in [0, 0.1) is 5.82 Å². The van der Waals surface area contributed by atoms with Crippen molar-refractivity contribution in [2.45, 2.75) is 19.4 Å². The Balaban J connectivity index is 2.90. The van der Waals surface area contributed by atoms with Crippen LogP contribution in [0.25, 0.3) is 0 Å². The molecule has 0 aliphatic rings. The Labute approximate surface area is 103 Å². The van der Waals surface area contributed by atoms with Crippen molar-refractivity contribution < 1.29 is 19.0 Å². The highest BCUT2D eigenvalue weighted by Gasteiger charge is 2.17. The van der Waals surface area contributed by atoms with Crippen LogP contribution in [0.15, 0.2) is 18.2 Å². The van der Waals surface area contributed by atoms with Crippen LogP contribution < -0.4 is 10.5 Å². The monoisotopic (exact) mass is 257 g/mol. The molecule has 1 rings (SSSR count). The minimum absolute atomic E-state index is 0.0562. The summed E-state index contributed by atoms with van der Waals surface area (Å²) in [7, 11) is 0. The van der Waals surface area contributed by atoms with Crippen molar-refractivity contribution in [3.8, 4) is 5.75 Å². The predicted molar refractivity (Wildman–Crippen MR) is 64.6 cm³/mol. The van der Waals surface area contributed by atoms with E-state index < -0.39 is 17.9 Å². The highest BCUT2D eigenvalue weighted by Crippen LogP contribution is 2.18. The molecule has 0 saturated carbocycles. The smallest absolute Gasteiger partial charge is 0.344 e. The van der Waals surface area contributed by atoms with Crippen molar-refractivity contribution in [2.75, 3.05) is 0 Å². The van der Waals surface area contributed by atoms with Gasteiger partial charge in [-0.2, -0.15) is 0 Å². The van der Waals surface area contributed by atoms with Crippen LogP contribution in [0.2, 0.25) is 0 Å². The van der Waals surface area contributed by atoms with Gasteiger partial charge in [0.25, 0.3) is 0 Å². The van der Waals surface area contributed by atoms with Crippen LogP contribution in [0.3, 0.4) is 0 Å². The van der Waals surface area contributed by atoms with Gasteiger partial charge in [-0.15, -0.1) is 0 Å². The van der Waals surface area contributed by atoms with Crippen molar-refractivity contribution in [3.63, 3.8) is 0 Å². The third-order valence-electron chi connectivity index (χ3n) is 2.13. The lowest BCUT2D eigenvalue weighted by molar-refractivity contribution is -0.145. The topological polar surface area (TPSA) is 72.5 Å². The highest BCUT2D eigenvalue weighted by atomic mass is 32.1. The Morgan fingerprint density at radius 1 is 1.65 bits per heavy atom. The molecule has 0 heterocycles. The van der Waals surface area contributed by atoms with Crippen molar-refractivity contribution in [1.82, 2.24) is 0 Å². The van der Waals surface area contributed by atoms with E-state index in [9.17, 15) is 9.18 Å². The van der Waals surface area contributed by atoms with Gasteiger partial charge in [-0.3, -0.25) is 0 Å². The molecule has 17 heavy (non-hydrogen) atoms. The Morgan fingerprint density at radius 3 is 2.71 bits per heavy atom. The quantitative estimate of drug-likeness (QED) is 0.785. The van der Waals surface area contributed by atoms with E-state index >= 15 is 0 Å². The molecule has 0 spiro atoms. The molecule has 1 atom stereocenters. The van der Waals surface area contributed by atoms with Crippen molar-refractivity contribution in [2.24, 2.45) is 5.73 Å². The number of hydrogen-bond acceptors (Lipinski definition) is 3. The summed E-state index contributed by atoms with van der Waals surface area (Å²) in [6.07, 6.45) is -0.710. The van der Waals surface area contributed by atoms with Gasteiger partial charge in [-0.25, -0.2) is 9.18 Å². The molecule has 0 fully saturated rings. The Hall–Kier alpha value is -1.69. The van der Waals surface area contributed by atoms with Gasteiger partial charge < -0.3 is 15.6 Å². The summed E-state index contributed by atoms with van der Waals surface area (Å²) < 4.78 is 18.6. The molecule has 0 aromatic heterocycles. The Morgan fingerprint density at radius 2 is 2.29 bits per heavy atom. The van der Waals surface area contributed by atoms with E-state index in [0.717, 1.165) is 6.07 Å². The number of thiocarbonyl (C=S) groups is 1. The molecule has 1 aromatic rings. The fourth-order valence-electron chi connectivity index (χ4n) is 1.24. The number of aliphatic carboxylic acids is 1. The molecule has 0 aliphatic carbocycles. The molecule has 0 bridgehead atoms. The normalized spacial score (nSPS) is 11.9. The first-order valence-corrected chi connectivity index (χ1v) is 5.35. The standard InChI is InChI=1S/C11H12FNO3S/c1-2-9(11(14)15)16-6-3-4-7(10(13)17)8(12)5-6/h3-5,9H,2H2,1H3,(H2,13,17)(H,14,15). The first-order valence-electron chi connectivity index (χ1n) is 4.94. The van der Waals surface area contributed by atoms with Gasteiger partial charge >= 0.3 is 5.97 Å². The number of nitrogens with two attached hydrogens (primary N) is 1. The molecular weight excluding hydrogens is 245 g/mol. The number of carbonyl (C=O) groups is 1. The lowest BCUT2D eigenvalue weighted by Crippen LogP contribution is -2.26. The van der Waals surface area contributed by atoms with Crippen LogP contribution in [-0.4, -0.2) is 22.2 Å².